The van der Waals surface area contributed by atoms with E-state index in [-0.39, 0.29) is 0 Å². The number of fused-ring (bicyclic) bond motifs is 1. The van der Waals surface area contributed by atoms with E-state index in [1.807, 2.05) is 6.07 Å². The first-order valence-corrected chi connectivity index (χ1v) is 9.88. The van der Waals surface area contributed by atoms with Crippen LogP contribution in [0.5, 0.6) is 0 Å². The van der Waals surface area contributed by atoms with E-state index >= 15 is 0 Å². The van der Waals surface area contributed by atoms with Crippen LogP contribution < -0.4 is 9.91 Å². The normalized spacial score (nSPS) is 27.0. The van der Waals surface area contributed by atoms with E-state index in [4.69, 9.17) is 34.8 Å². The Morgan fingerprint density at radius 3 is 2.38 bits per heavy atom. The molecule has 2 saturated heterocycles. The van der Waals surface area contributed by atoms with Gasteiger partial charge in [-0.05, 0) is 35.7 Å². The fraction of sp³-hybridized carbons (Fsp3) is 0.263. The van der Waals surface area contributed by atoms with E-state index in [9.17, 15) is 14.0 Å². The fourth-order valence-electron chi connectivity index (χ4n) is 3.84. The Morgan fingerprint density at radius 2 is 1.79 bits per heavy atom. The third-order valence-electron chi connectivity index (χ3n) is 5.25. The fourth-order valence-corrected chi connectivity index (χ4v) is 4.31. The van der Waals surface area contributed by atoms with E-state index in [1.165, 1.54) is 30.3 Å². The van der Waals surface area contributed by atoms with Gasteiger partial charge in [0.15, 0.2) is 11.9 Å². The number of rotatable bonds is 4. The number of nitrogens with zero attached hydrogens (tertiary/aromatic N) is 3. The number of imide groups is 1. The second-order valence-electron chi connectivity index (χ2n) is 7.00. The van der Waals surface area contributed by atoms with Gasteiger partial charge in [0.05, 0.1) is 0 Å². The molecule has 2 aliphatic rings. The predicted molar refractivity (Wildman–Crippen MR) is 111 cm³/mol. The zero-order valence-electron chi connectivity index (χ0n) is 15.4. The summed E-state index contributed by atoms with van der Waals surface area (Å²) in [5, 5.41) is 4.60. The zero-order valence-corrected chi connectivity index (χ0v) is 17.7. The van der Waals surface area contributed by atoms with Crippen molar-refractivity contribution in [1.82, 2.24) is 14.5 Å². The maximum absolute atomic E-state index is 13.5. The van der Waals surface area contributed by atoms with Crippen molar-refractivity contribution in [3.05, 3.63) is 59.9 Å². The average Bonchev–Trinajstić information content (AvgIpc) is 3.30. The first-order chi connectivity index (χ1) is 13.6. The second kappa shape index (κ2) is 6.82. The highest BCUT2D eigenvalue weighted by Gasteiger charge is 2.86. The maximum atomic E-state index is 13.5. The Bertz CT molecular complexity index is 1000. The number of likely N-dealkylation sites (N-methyl/N-ethyl adjacent to an activating group) is 1. The molecule has 0 spiro atoms. The molecule has 0 radical (unpaired) electrons. The third-order valence-corrected chi connectivity index (χ3v) is 5.87. The number of alkyl halides is 3. The smallest absolute Gasteiger partial charge is 0.362 e. The Balaban J connectivity index is 1.79. The number of aryl methyl sites for hydroxylation is 1. The van der Waals surface area contributed by atoms with Gasteiger partial charge in [-0.2, -0.15) is 0 Å². The highest BCUT2D eigenvalue weighted by atomic mass is 35.6. The number of amides is 3. The van der Waals surface area contributed by atoms with Gasteiger partial charge in [0.25, 0.3) is 0 Å². The molecule has 6 nitrogen and oxygen atoms in total. The summed E-state index contributed by atoms with van der Waals surface area (Å²) in [4.78, 5) is 27.0. The average molecular weight is 459 g/mol. The number of anilines is 1. The molecule has 29 heavy (non-hydrogen) atoms. The summed E-state index contributed by atoms with van der Waals surface area (Å²) in [5.41, 5.74) is 1.69. The molecule has 3 amide bonds. The summed E-state index contributed by atoms with van der Waals surface area (Å²) < 4.78 is 11.2. The minimum atomic E-state index is -1.90. The van der Waals surface area contributed by atoms with Gasteiger partial charge in [-0.15, -0.1) is 0 Å². The lowest BCUT2D eigenvalue weighted by Crippen LogP contribution is -2.53. The first kappa shape index (κ1) is 20.4. The Labute approximate surface area is 181 Å². The lowest BCUT2D eigenvalue weighted by molar-refractivity contribution is -0.126. The molecule has 2 heterocycles. The minimum absolute atomic E-state index is 0.393. The summed E-state index contributed by atoms with van der Waals surface area (Å²) in [6.45, 7) is 1.70. The van der Waals surface area contributed by atoms with Crippen molar-refractivity contribution < 1.29 is 14.0 Å². The molecular weight excluding hydrogens is 442 g/mol. The van der Waals surface area contributed by atoms with Crippen LogP contribution in [0.4, 0.5) is 20.6 Å². The number of halogens is 4. The van der Waals surface area contributed by atoms with E-state index < -0.39 is 38.5 Å². The van der Waals surface area contributed by atoms with Crippen LogP contribution in [0.1, 0.15) is 5.56 Å². The van der Waals surface area contributed by atoms with Crippen molar-refractivity contribution in [3.63, 3.8) is 0 Å². The Kier molecular flexibility index (Phi) is 4.79. The number of para-hydroxylation sites is 1. The number of quaternary nitrogens is 1. The maximum Gasteiger partial charge on any atom is 0.452 e. The van der Waals surface area contributed by atoms with Crippen LogP contribution in [-0.2, 0) is 4.79 Å². The zero-order chi connectivity index (χ0) is 21.1. The number of carbonyl (C=O) groups excluding carboxylic acids is 2. The highest BCUT2D eigenvalue weighted by molar-refractivity contribution is 6.68. The summed E-state index contributed by atoms with van der Waals surface area (Å²) >= 11 is 18.8. The number of hydrogen-bond acceptors (Lipinski definition) is 4. The van der Waals surface area contributed by atoms with Crippen molar-refractivity contribution in [1.29, 1.82) is 0 Å². The molecular formula is C19H17Cl3FN4O2+. The van der Waals surface area contributed by atoms with Crippen molar-refractivity contribution in [2.75, 3.05) is 12.4 Å². The van der Waals surface area contributed by atoms with Crippen molar-refractivity contribution in [2.45, 2.75) is 23.0 Å². The monoisotopic (exact) mass is 457 g/mol. The molecule has 0 bridgehead atoms. The van der Waals surface area contributed by atoms with Crippen molar-refractivity contribution in [3.8, 4) is 0 Å². The topological polar surface area (TPSA) is 52.4 Å². The molecule has 4 atom stereocenters. The van der Waals surface area contributed by atoms with Gasteiger partial charge in [0.1, 0.15) is 5.82 Å². The van der Waals surface area contributed by atoms with Crippen LogP contribution in [-0.4, -0.2) is 45.0 Å². The van der Waals surface area contributed by atoms with Crippen LogP contribution in [0.25, 0.3) is 0 Å². The molecule has 4 rings (SSSR count). The van der Waals surface area contributed by atoms with Crippen LogP contribution in [0.3, 0.4) is 0 Å². The summed E-state index contributed by atoms with van der Waals surface area (Å²) in [7, 11) is 1.43. The number of urea groups is 1. The Hall–Kier alpha value is -1.90. The van der Waals surface area contributed by atoms with E-state index in [0.717, 1.165) is 4.90 Å². The highest BCUT2D eigenvalue weighted by Crippen LogP contribution is 2.54. The van der Waals surface area contributed by atoms with Gasteiger partial charge in [-0.25, -0.2) is 14.1 Å². The largest absolute Gasteiger partial charge is 0.452 e. The van der Waals surface area contributed by atoms with Gasteiger partial charge in [-0.1, -0.05) is 57.6 Å². The molecule has 0 aromatic heterocycles. The van der Waals surface area contributed by atoms with E-state index in [1.54, 1.807) is 31.2 Å². The van der Waals surface area contributed by atoms with Gasteiger partial charge in [0, 0.05) is 24.9 Å². The molecule has 2 fully saturated rings. The molecule has 0 aliphatic carbocycles. The lowest BCUT2D eigenvalue weighted by Gasteiger charge is -2.29. The number of nitrogens with one attached hydrogen (secondary N) is 1. The molecule has 10 heteroatoms. The number of benzene rings is 2. The third kappa shape index (κ3) is 3.00. The molecule has 2 aromatic rings. The molecule has 2 aliphatic heterocycles. The van der Waals surface area contributed by atoms with Gasteiger partial charge >= 0.3 is 18.1 Å². The second-order valence-corrected chi connectivity index (χ2v) is 9.37. The lowest BCUT2D eigenvalue weighted by atomic mass is 10.2. The predicted octanol–water partition coefficient (Wildman–Crippen LogP) is 4.40. The van der Waals surface area contributed by atoms with Crippen LogP contribution >= 0.6 is 34.8 Å². The summed E-state index contributed by atoms with van der Waals surface area (Å²) in [5.74, 6) is -0.790. The molecule has 4 unspecified atom stereocenters. The quantitative estimate of drug-likeness (QED) is 0.319. The van der Waals surface area contributed by atoms with Crippen LogP contribution in [0.2, 0.25) is 0 Å². The van der Waals surface area contributed by atoms with Crippen LogP contribution in [0, 0.1) is 12.7 Å². The SMILES string of the molecule is Cc1cc(F)ccc1NC(N1C2C(=O)N(C)C(=O)[N+]21c1ccccc1)C(Cl)(Cl)Cl. The van der Waals surface area contributed by atoms with Gasteiger partial charge in [-0.3, -0.25) is 4.79 Å². The summed E-state index contributed by atoms with van der Waals surface area (Å²) in [6, 6.07) is 12.5. The number of hydrogen-bond donors (Lipinski definition) is 1. The van der Waals surface area contributed by atoms with Gasteiger partial charge in [0.2, 0.25) is 3.79 Å². The molecule has 2 aromatic carbocycles. The van der Waals surface area contributed by atoms with E-state index in [0.29, 0.717) is 16.9 Å². The molecule has 1 N–H and O–H groups in total. The molecule has 152 valence electrons. The first-order valence-electron chi connectivity index (χ1n) is 8.75. The summed E-state index contributed by atoms with van der Waals surface area (Å²) in [6.07, 6.45) is -1.90. The van der Waals surface area contributed by atoms with E-state index in [2.05, 4.69) is 5.32 Å². The van der Waals surface area contributed by atoms with Gasteiger partial charge < -0.3 is 5.32 Å². The number of carbonyl (C=O) groups is 2. The van der Waals surface area contributed by atoms with Crippen LogP contribution in [0.15, 0.2) is 48.5 Å². The standard InChI is InChI=1S/C19H17Cl3FN4O2/c1-11-10-12(23)8-9-14(11)24-17(19(20,21)22)26-15-16(28)25(2)18(29)27(15,26)13-6-4-3-5-7-13/h3-10,15,17,24H,1-2H3/q+1. The minimum Gasteiger partial charge on any atom is -0.362 e. The van der Waals surface area contributed by atoms with Crippen molar-refractivity contribution >= 4 is 58.1 Å². The molecule has 0 saturated carbocycles. The Morgan fingerprint density at radius 1 is 1.14 bits per heavy atom. The van der Waals surface area contributed by atoms with Crippen molar-refractivity contribution in [2.24, 2.45) is 0 Å².